The minimum absolute atomic E-state index is 0.156. The third kappa shape index (κ3) is 2.92. The van der Waals surface area contributed by atoms with Crippen LogP contribution in [0, 0.1) is 5.92 Å². The molecule has 0 bridgehead atoms. The lowest BCUT2D eigenvalue weighted by Gasteiger charge is -1.97. The summed E-state index contributed by atoms with van der Waals surface area (Å²) in [5.41, 5.74) is 0.873. The molecule has 82 valence electrons. The first-order valence-electron chi connectivity index (χ1n) is 5.08. The Hall–Kier alpha value is -1.10. The second kappa shape index (κ2) is 4.18. The molecule has 15 heavy (non-hydrogen) atoms. The predicted octanol–water partition coefficient (Wildman–Crippen LogP) is 1.98. The number of aliphatic carboxylic acids is 1. The van der Waals surface area contributed by atoms with Gasteiger partial charge in [-0.1, -0.05) is 6.92 Å². The summed E-state index contributed by atoms with van der Waals surface area (Å²) in [5, 5.41) is 14.7. The van der Waals surface area contributed by atoms with E-state index in [2.05, 4.69) is 17.2 Å². The van der Waals surface area contributed by atoms with Crippen LogP contribution in [0.5, 0.6) is 0 Å². The van der Waals surface area contributed by atoms with E-state index in [4.69, 9.17) is 5.11 Å². The Morgan fingerprint density at radius 2 is 2.53 bits per heavy atom. The third-order valence-corrected chi connectivity index (χ3v) is 3.39. The summed E-state index contributed by atoms with van der Waals surface area (Å²) in [6, 6.07) is 0.573. The van der Waals surface area contributed by atoms with Crippen molar-refractivity contribution >= 4 is 22.4 Å². The molecule has 2 rings (SSSR count). The Morgan fingerprint density at radius 1 is 1.80 bits per heavy atom. The summed E-state index contributed by atoms with van der Waals surface area (Å²) >= 11 is 1.56. The zero-order valence-electron chi connectivity index (χ0n) is 8.56. The summed E-state index contributed by atoms with van der Waals surface area (Å²) in [6.07, 6.45) is 1.89. The Kier molecular flexibility index (Phi) is 2.90. The zero-order valence-corrected chi connectivity index (χ0v) is 9.38. The topological polar surface area (TPSA) is 62.2 Å². The molecule has 2 unspecified atom stereocenters. The highest BCUT2D eigenvalue weighted by Gasteiger charge is 2.32. The Labute approximate surface area is 92.3 Å². The van der Waals surface area contributed by atoms with E-state index in [1.54, 1.807) is 11.3 Å². The fourth-order valence-corrected chi connectivity index (χ4v) is 2.21. The van der Waals surface area contributed by atoms with Crippen molar-refractivity contribution in [3.8, 4) is 0 Å². The number of thiazole rings is 1. The monoisotopic (exact) mass is 226 g/mol. The van der Waals surface area contributed by atoms with Gasteiger partial charge in [0.05, 0.1) is 12.1 Å². The van der Waals surface area contributed by atoms with Crippen LogP contribution >= 0.6 is 11.3 Å². The lowest BCUT2D eigenvalue weighted by molar-refractivity contribution is -0.136. The standard InChI is InChI=1S/C10H14N2O2S/c1-6-4-8(6)12-10-11-7(5-15-10)2-3-9(13)14/h5-6,8H,2-4H2,1H3,(H,11,12)(H,13,14). The van der Waals surface area contributed by atoms with E-state index in [1.807, 2.05) is 5.38 Å². The number of carboxylic acids is 1. The van der Waals surface area contributed by atoms with Crippen LogP contribution in [0.2, 0.25) is 0 Å². The quantitative estimate of drug-likeness (QED) is 0.806. The average molecular weight is 226 g/mol. The average Bonchev–Trinajstić information content (AvgIpc) is 2.69. The second-order valence-corrected chi connectivity index (χ2v) is 4.86. The normalized spacial score (nSPS) is 23.8. The fraction of sp³-hybridized carbons (Fsp3) is 0.600. The molecule has 0 spiro atoms. The SMILES string of the molecule is CC1CC1Nc1nc(CCC(=O)O)cs1. The first-order valence-corrected chi connectivity index (χ1v) is 5.96. The molecular formula is C10H14N2O2S. The number of anilines is 1. The number of carbonyl (C=O) groups is 1. The van der Waals surface area contributed by atoms with Crippen molar-refractivity contribution in [3.05, 3.63) is 11.1 Å². The molecule has 1 aromatic heterocycles. The number of rotatable bonds is 5. The molecule has 1 fully saturated rings. The van der Waals surface area contributed by atoms with Gasteiger partial charge in [-0.25, -0.2) is 4.98 Å². The Morgan fingerprint density at radius 3 is 3.13 bits per heavy atom. The van der Waals surface area contributed by atoms with E-state index in [1.165, 1.54) is 6.42 Å². The molecule has 0 amide bonds. The van der Waals surface area contributed by atoms with Gasteiger partial charge in [0.25, 0.3) is 0 Å². The molecular weight excluding hydrogens is 212 g/mol. The Balaban J connectivity index is 1.83. The van der Waals surface area contributed by atoms with Crippen LogP contribution in [-0.4, -0.2) is 22.1 Å². The summed E-state index contributed by atoms with van der Waals surface area (Å²) in [7, 11) is 0. The molecule has 0 aromatic carbocycles. The summed E-state index contributed by atoms with van der Waals surface area (Å²) in [4.78, 5) is 14.7. The number of nitrogens with zero attached hydrogens (tertiary/aromatic N) is 1. The Bertz CT molecular complexity index is 364. The van der Waals surface area contributed by atoms with Crippen LogP contribution in [0.1, 0.15) is 25.5 Å². The number of hydrogen-bond acceptors (Lipinski definition) is 4. The van der Waals surface area contributed by atoms with Gasteiger partial charge in [0.2, 0.25) is 0 Å². The van der Waals surface area contributed by atoms with Crippen molar-refractivity contribution in [2.24, 2.45) is 5.92 Å². The van der Waals surface area contributed by atoms with Gasteiger partial charge in [-0.05, 0) is 12.3 Å². The number of aromatic nitrogens is 1. The first-order chi connectivity index (χ1) is 7.15. The van der Waals surface area contributed by atoms with Crippen molar-refractivity contribution in [3.63, 3.8) is 0 Å². The number of carboxylic acid groups (broad SMARTS) is 1. The van der Waals surface area contributed by atoms with E-state index < -0.39 is 5.97 Å². The molecule has 0 saturated heterocycles. The highest BCUT2D eigenvalue weighted by atomic mass is 32.1. The van der Waals surface area contributed by atoms with Crippen molar-refractivity contribution in [2.75, 3.05) is 5.32 Å². The van der Waals surface area contributed by atoms with Gasteiger partial charge < -0.3 is 10.4 Å². The molecule has 1 aliphatic rings. The molecule has 1 heterocycles. The molecule has 5 heteroatoms. The number of hydrogen-bond donors (Lipinski definition) is 2. The molecule has 1 aliphatic carbocycles. The van der Waals surface area contributed by atoms with Gasteiger partial charge in [-0.15, -0.1) is 11.3 Å². The van der Waals surface area contributed by atoms with Gasteiger partial charge in [0.15, 0.2) is 5.13 Å². The van der Waals surface area contributed by atoms with E-state index in [0.29, 0.717) is 12.5 Å². The summed E-state index contributed by atoms with van der Waals surface area (Å²) in [6.45, 7) is 2.20. The van der Waals surface area contributed by atoms with Gasteiger partial charge >= 0.3 is 5.97 Å². The van der Waals surface area contributed by atoms with E-state index in [-0.39, 0.29) is 6.42 Å². The maximum Gasteiger partial charge on any atom is 0.303 e. The predicted molar refractivity (Wildman–Crippen MR) is 59.3 cm³/mol. The first kappa shape index (κ1) is 10.4. The molecule has 1 saturated carbocycles. The maximum atomic E-state index is 10.4. The lowest BCUT2D eigenvalue weighted by atomic mass is 10.2. The highest BCUT2D eigenvalue weighted by Crippen LogP contribution is 2.33. The minimum atomic E-state index is -0.770. The van der Waals surface area contributed by atoms with Crippen LogP contribution in [0.25, 0.3) is 0 Å². The van der Waals surface area contributed by atoms with E-state index in [0.717, 1.165) is 16.7 Å². The largest absolute Gasteiger partial charge is 0.481 e. The summed E-state index contributed by atoms with van der Waals surface area (Å²) in [5.74, 6) is -0.0234. The van der Waals surface area contributed by atoms with Crippen molar-refractivity contribution in [1.29, 1.82) is 0 Å². The molecule has 1 aromatic rings. The highest BCUT2D eigenvalue weighted by molar-refractivity contribution is 7.13. The van der Waals surface area contributed by atoms with Crippen LogP contribution < -0.4 is 5.32 Å². The van der Waals surface area contributed by atoms with E-state index >= 15 is 0 Å². The molecule has 2 N–H and O–H groups in total. The van der Waals surface area contributed by atoms with Crippen LogP contribution in [0.4, 0.5) is 5.13 Å². The third-order valence-electron chi connectivity index (χ3n) is 2.57. The molecule has 2 atom stereocenters. The minimum Gasteiger partial charge on any atom is -0.481 e. The molecule has 4 nitrogen and oxygen atoms in total. The number of aryl methyl sites for hydroxylation is 1. The second-order valence-electron chi connectivity index (χ2n) is 4.00. The zero-order chi connectivity index (χ0) is 10.8. The van der Waals surface area contributed by atoms with Crippen LogP contribution in [-0.2, 0) is 11.2 Å². The van der Waals surface area contributed by atoms with Gasteiger partial charge in [0.1, 0.15) is 0 Å². The van der Waals surface area contributed by atoms with Gasteiger partial charge in [-0.3, -0.25) is 4.79 Å². The van der Waals surface area contributed by atoms with Gasteiger partial charge in [-0.2, -0.15) is 0 Å². The van der Waals surface area contributed by atoms with Gasteiger partial charge in [0, 0.05) is 17.8 Å². The maximum absolute atomic E-state index is 10.4. The molecule has 0 radical (unpaired) electrons. The van der Waals surface area contributed by atoms with Crippen molar-refractivity contribution in [1.82, 2.24) is 4.98 Å². The van der Waals surface area contributed by atoms with E-state index in [9.17, 15) is 4.79 Å². The number of nitrogens with one attached hydrogen (secondary N) is 1. The molecule has 0 aliphatic heterocycles. The van der Waals surface area contributed by atoms with Crippen molar-refractivity contribution in [2.45, 2.75) is 32.2 Å². The van der Waals surface area contributed by atoms with Crippen molar-refractivity contribution < 1.29 is 9.90 Å². The van der Waals surface area contributed by atoms with Crippen LogP contribution in [0.3, 0.4) is 0 Å². The summed E-state index contributed by atoms with van der Waals surface area (Å²) < 4.78 is 0. The smallest absolute Gasteiger partial charge is 0.303 e. The van der Waals surface area contributed by atoms with Crippen LogP contribution in [0.15, 0.2) is 5.38 Å². The fourth-order valence-electron chi connectivity index (χ4n) is 1.40. The lowest BCUT2D eigenvalue weighted by Crippen LogP contribution is -2.03.